The summed E-state index contributed by atoms with van der Waals surface area (Å²) in [5, 5.41) is 2.20. The third-order valence-corrected chi connectivity index (χ3v) is 5.68. The second kappa shape index (κ2) is 10.5. The molecule has 1 fully saturated rings. The van der Waals surface area contributed by atoms with Gasteiger partial charge in [0.15, 0.2) is 0 Å². The van der Waals surface area contributed by atoms with Gasteiger partial charge in [0.25, 0.3) is 11.8 Å². The van der Waals surface area contributed by atoms with Gasteiger partial charge in [-0.15, -0.1) is 0 Å². The minimum Gasteiger partial charge on any atom is -0.494 e. The van der Waals surface area contributed by atoms with Crippen molar-refractivity contribution in [2.75, 3.05) is 11.5 Å². The van der Waals surface area contributed by atoms with E-state index in [2.05, 4.69) is 21.2 Å². The lowest BCUT2D eigenvalue weighted by atomic mass is 10.1. The quantitative estimate of drug-likeness (QED) is 0.328. The van der Waals surface area contributed by atoms with Crippen LogP contribution in [0.2, 0.25) is 0 Å². The topological polar surface area (TPSA) is 84.9 Å². The summed E-state index contributed by atoms with van der Waals surface area (Å²) >= 11 is 3.42. The van der Waals surface area contributed by atoms with Gasteiger partial charge in [-0.25, -0.2) is 14.1 Å². The maximum Gasteiger partial charge on any atom is 0.335 e. The Labute approximate surface area is 209 Å². The molecule has 4 amide bonds. The van der Waals surface area contributed by atoms with Crippen molar-refractivity contribution in [3.8, 4) is 11.5 Å². The summed E-state index contributed by atoms with van der Waals surface area (Å²) in [6, 6.07) is 16.7. The number of hydrogen-bond donors (Lipinski definition) is 1. The Morgan fingerprint density at radius 3 is 2.46 bits per heavy atom. The molecule has 1 N–H and O–H groups in total. The van der Waals surface area contributed by atoms with E-state index in [0.717, 1.165) is 4.90 Å². The molecule has 3 aromatic rings. The number of benzene rings is 3. The van der Waals surface area contributed by atoms with Crippen LogP contribution in [-0.2, 0) is 16.2 Å². The van der Waals surface area contributed by atoms with E-state index in [1.165, 1.54) is 18.2 Å². The van der Waals surface area contributed by atoms with Gasteiger partial charge in [-0.2, -0.15) is 0 Å². The van der Waals surface area contributed by atoms with Crippen LogP contribution in [0.3, 0.4) is 0 Å². The number of nitrogens with one attached hydrogen (secondary N) is 1. The van der Waals surface area contributed by atoms with Crippen LogP contribution in [0.1, 0.15) is 18.1 Å². The summed E-state index contributed by atoms with van der Waals surface area (Å²) < 4.78 is 25.1. The van der Waals surface area contributed by atoms with Crippen molar-refractivity contribution in [3.05, 3.63) is 93.7 Å². The lowest BCUT2D eigenvalue weighted by molar-refractivity contribution is -0.122. The average molecular weight is 539 g/mol. The molecule has 1 saturated heterocycles. The lowest BCUT2D eigenvalue weighted by Gasteiger charge is -2.26. The lowest BCUT2D eigenvalue weighted by Crippen LogP contribution is -2.54. The van der Waals surface area contributed by atoms with Gasteiger partial charge in [0.1, 0.15) is 29.5 Å². The number of urea groups is 1. The molecule has 0 unspecified atom stereocenters. The van der Waals surface area contributed by atoms with E-state index >= 15 is 0 Å². The van der Waals surface area contributed by atoms with Crippen LogP contribution >= 0.6 is 15.9 Å². The third-order valence-electron chi connectivity index (χ3n) is 5.06. The zero-order chi connectivity index (χ0) is 24.9. The van der Waals surface area contributed by atoms with Crippen molar-refractivity contribution < 1.29 is 28.2 Å². The number of halogens is 2. The first-order valence-electron chi connectivity index (χ1n) is 10.7. The Kier molecular flexibility index (Phi) is 7.26. The van der Waals surface area contributed by atoms with Gasteiger partial charge < -0.3 is 9.47 Å². The van der Waals surface area contributed by atoms with Crippen molar-refractivity contribution in [1.82, 2.24) is 5.32 Å². The van der Waals surface area contributed by atoms with E-state index in [-0.39, 0.29) is 18.0 Å². The Morgan fingerprint density at radius 2 is 1.77 bits per heavy atom. The molecule has 0 aromatic heterocycles. The van der Waals surface area contributed by atoms with Crippen molar-refractivity contribution in [2.24, 2.45) is 0 Å². The molecule has 1 aliphatic heterocycles. The molecule has 7 nitrogen and oxygen atoms in total. The maximum atomic E-state index is 13.4. The first kappa shape index (κ1) is 24.2. The van der Waals surface area contributed by atoms with Crippen molar-refractivity contribution in [1.29, 1.82) is 0 Å². The predicted molar refractivity (Wildman–Crippen MR) is 131 cm³/mol. The molecular formula is C26H20BrFN2O5. The molecule has 0 aliphatic carbocycles. The molecule has 35 heavy (non-hydrogen) atoms. The molecule has 9 heteroatoms. The number of carbonyl (C=O) groups excluding carboxylic acids is 3. The first-order chi connectivity index (χ1) is 16.9. The molecule has 0 radical (unpaired) electrons. The smallest absolute Gasteiger partial charge is 0.335 e. The molecule has 0 bridgehead atoms. The SMILES string of the molecule is CCOc1ccc(N2C(=O)NC(=O)/C(=C\c3ccc(OCc4cccc(F)c4)c(Br)c3)C2=O)cc1. The Balaban J connectivity index is 1.54. The Bertz CT molecular complexity index is 1320. The Hall–Kier alpha value is -3.98. The molecule has 4 rings (SSSR count). The van der Waals surface area contributed by atoms with Gasteiger partial charge in [0.05, 0.1) is 16.8 Å². The molecule has 1 heterocycles. The molecule has 178 valence electrons. The largest absolute Gasteiger partial charge is 0.494 e. The van der Waals surface area contributed by atoms with E-state index in [4.69, 9.17) is 9.47 Å². The molecule has 0 atom stereocenters. The third kappa shape index (κ3) is 5.58. The van der Waals surface area contributed by atoms with E-state index < -0.39 is 17.8 Å². The molecule has 0 saturated carbocycles. The highest BCUT2D eigenvalue weighted by Gasteiger charge is 2.36. The highest BCUT2D eigenvalue weighted by molar-refractivity contribution is 9.10. The zero-order valence-electron chi connectivity index (χ0n) is 18.6. The van der Waals surface area contributed by atoms with E-state index in [1.807, 2.05) is 6.92 Å². The van der Waals surface area contributed by atoms with Crippen LogP contribution < -0.4 is 19.7 Å². The normalized spacial score (nSPS) is 14.8. The van der Waals surface area contributed by atoms with Crippen LogP contribution in [0, 0.1) is 5.82 Å². The molecule has 1 aliphatic rings. The van der Waals surface area contributed by atoms with Crippen molar-refractivity contribution >= 4 is 45.5 Å². The van der Waals surface area contributed by atoms with Gasteiger partial charge in [-0.1, -0.05) is 18.2 Å². The number of carbonyl (C=O) groups is 3. The van der Waals surface area contributed by atoms with Gasteiger partial charge in [-0.05, 0) is 88.6 Å². The fourth-order valence-corrected chi connectivity index (χ4v) is 3.94. The standard InChI is InChI=1S/C26H20BrFN2O5/c1-2-34-20-9-7-19(8-10-20)30-25(32)21(24(31)29-26(30)33)13-16-6-11-23(22(27)14-16)35-15-17-4-3-5-18(28)12-17/h3-14H,2,15H2,1H3,(H,29,31,33)/b21-13+. The first-order valence-corrected chi connectivity index (χ1v) is 11.5. The van der Waals surface area contributed by atoms with Gasteiger partial charge in [-0.3, -0.25) is 14.9 Å². The van der Waals surface area contributed by atoms with Gasteiger partial charge in [0, 0.05) is 0 Å². The average Bonchev–Trinajstić information content (AvgIpc) is 2.82. The number of amides is 4. The minimum absolute atomic E-state index is 0.164. The van der Waals surface area contributed by atoms with Crippen LogP contribution in [0.4, 0.5) is 14.9 Å². The fraction of sp³-hybridized carbons (Fsp3) is 0.115. The van der Waals surface area contributed by atoms with Crippen LogP contribution in [0.25, 0.3) is 6.08 Å². The van der Waals surface area contributed by atoms with Crippen molar-refractivity contribution in [3.63, 3.8) is 0 Å². The summed E-state index contributed by atoms with van der Waals surface area (Å²) in [4.78, 5) is 38.8. The summed E-state index contributed by atoms with van der Waals surface area (Å²) in [6.07, 6.45) is 1.40. The number of anilines is 1. The summed E-state index contributed by atoms with van der Waals surface area (Å²) in [5.41, 5.74) is 1.32. The van der Waals surface area contributed by atoms with Crippen LogP contribution in [0.5, 0.6) is 11.5 Å². The van der Waals surface area contributed by atoms with Gasteiger partial charge >= 0.3 is 6.03 Å². The van der Waals surface area contributed by atoms with E-state index in [0.29, 0.717) is 39.4 Å². The Morgan fingerprint density at radius 1 is 1.00 bits per heavy atom. The van der Waals surface area contributed by atoms with E-state index in [1.54, 1.807) is 54.6 Å². The number of imide groups is 2. The number of ether oxygens (including phenoxy) is 2. The van der Waals surface area contributed by atoms with Crippen molar-refractivity contribution in [2.45, 2.75) is 13.5 Å². The minimum atomic E-state index is -0.830. The second-order valence-electron chi connectivity index (χ2n) is 7.49. The number of hydrogen-bond acceptors (Lipinski definition) is 5. The monoisotopic (exact) mass is 538 g/mol. The van der Waals surface area contributed by atoms with Crippen LogP contribution in [0.15, 0.2) is 76.8 Å². The highest BCUT2D eigenvalue weighted by atomic mass is 79.9. The number of rotatable bonds is 7. The summed E-state index contributed by atoms with van der Waals surface area (Å²) in [6.45, 7) is 2.49. The second-order valence-corrected chi connectivity index (χ2v) is 8.35. The highest BCUT2D eigenvalue weighted by Crippen LogP contribution is 2.29. The summed E-state index contributed by atoms with van der Waals surface area (Å²) in [7, 11) is 0. The number of barbiturate groups is 1. The number of nitrogens with zero attached hydrogens (tertiary/aromatic N) is 1. The zero-order valence-corrected chi connectivity index (χ0v) is 20.2. The fourth-order valence-electron chi connectivity index (χ4n) is 3.43. The maximum absolute atomic E-state index is 13.4. The molecular weight excluding hydrogens is 519 g/mol. The van der Waals surface area contributed by atoms with Gasteiger partial charge in [0.2, 0.25) is 0 Å². The molecule has 3 aromatic carbocycles. The van der Waals surface area contributed by atoms with Crippen LogP contribution in [-0.4, -0.2) is 24.5 Å². The molecule has 0 spiro atoms. The van der Waals surface area contributed by atoms with E-state index in [9.17, 15) is 18.8 Å². The predicted octanol–water partition coefficient (Wildman–Crippen LogP) is 5.23. The summed E-state index contributed by atoms with van der Waals surface area (Å²) in [5.74, 6) is -0.782.